The van der Waals surface area contributed by atoms with E-state index < -0.39 is 16.0 Å². The molecule has 0 fully saturated rings. The van der Waals surface area contributed by atoms with Crippen LogP contribution in [0, 0.1) is 0 Å². The molecule has 2 aromatic carbocycles. The highest BCUT2D eigenvalue weighted by Crippen LogP contribution is 2.29. The second-order valence-electron chi connectivity index (χ2n) is 5.68. The van der Waals surface area contributed by atoms with E-state index in [9.17, 15) is 13.2 Å². The van der Waals surface area contributed by atoms with Gasteiger partial charge in [0.1, 0.15) is 5.75 Å². The fourth-order valence-corrected chi connectivity index (χ4v) is 4.35. The van der Waals surface area contributed by atoms with Gasteiger partial charge < -0.3 is 9.47 Å². The largest absolute Gasteiger partial charge is 0.496 e. The summed E-state index contributed by atoms with van der Waals surface area (Å²) >= 11 is 0. The van der Waals surface area contributed by atoms with Gasteiger partial charge in [-0.25, -0.2) is 17.2 Å². The molecule has 0 saturated heterocycles. The van der Waals surface area contributed by atoms with Gasteiger partial charge in [-0.2, -0.15) is 0 Å². The number of para-hydroxylation sites is 1. The Morgan fingerprint density at radius 3 is 2.50 bits per heavy atom. The lowest BCUT2D eigenvalue weighted by Gasteiger charge is -2.11. The molecule has 0 aliphatic rings. The van der Waals surface area contributed by atoms with Crippen molar-refractivity contribution in [1.82, 2.24) is 3.97 Å². The van der Waals surface area contributed by atoms with Gasteiger partial charge in [-0.05, 0) is 36.2 Å². The molecule has 1 heterocycles. The number of esters is 1. The third-order valence-electron chi connectivity index (χ3n) is 4.27. The quantitative estimate of drug-likeness (QED) is 0.642. The van der Waals surface area contributed by atoms with E-state index in [1.807, 2.05) is 6.92 Å². The lowest BCUT2D eigenvalue weighted by molar-refractivity contribution is 0.0603. The van der Waals surface area contributed by atoms with Gasteiger partial charge in [0.15, 0.2) is 0 Å². The average Bonchev–Trinajstić information content (AvgIpc) is 3.07. The van der Waals surface area contributed by atoms with Crippen LogP contribution in [-0.4, -0.2) is 32.6 Å². The number of carbonyl (C=O) groups excluding carboxylic acids is 1. The number of nitrogens with zero attached hydrogens (tertiary/aromatic N) is 1. The van der Waals surface area contributed by atoms with Crippen molar-refractivity contribution >= 4 is 26.9 Å². The van der Waals surface area contributed by atoms with Crippen LogP contribution in [0.25, 0.3) is 10.9 Å². The van der Waals surface area contributed by atoms with E-state index in [1.54, 1.807) is 43.5 Å². The zero-order valence-corrected chi connectivity index (χ0v) is 15.5. The van der Waals surface area contributed by atoms with Crippen molar-refractivity contribution in [3.05, 3.63) is 59.8 Å². The number of benzene rings is 2. The first-order valence-corrected chi connectivity index (χ1v) is 9.49. The molecule has 0 N–H and O–H groups in total. The van der Waals surface area contributed by atoms with Crippen molar-refractivity contribution < 1.29 is 22.7 Å². The van der Waals surface area contributed by atoms with E-state index >= 15 is 0 Å². The topological polar surface area (TPSA) is 74.6 Å². The van der Waals surface area contributed by atoms with Crippen LogP contribution in [0.5, 0.6) is 5.75 Å². The molecule has 1 aromatic heterocycles. The zero-order chi connectivity index (χ0) is 18.9. The summed E-state index contributed by atoms with van der Waals surface area (Å²) in [5.74, 6) is 0.0539. The van der Waals surface area contributed by atoms with Gasteiger partial charge >= 0.3 is 5.97 Å². The summed E-state index contributed by atoms with van der Waals surface area (Å²) in [6.45, 7) is 1.93. The van der Waals surface area contributed by atoms with Gasteiger partial charge in [-0.1, -0.05) is 25.1 Å². The van der Waals surface area contributed by atoms with Gasteiger partial charge in [0, 0.05) is 11.6 Å². The summed E-state index contributed by atoms with van der Waals surface area (Å²) in [6, 6.07) is 11.6. The Balaban J connectivity index is 2.24. The second-order valence-corrected chi connectivity index (χ2v) is 7.49. The molecule has 0 radical (unpaired) electrons. The molecule has 0 aliphatic heterocycles. The molecule has 6 nitrogen and oxygen atoms in total. The monoisotopic (exact) mass is 373 g/mol. The maximum Gasteiger partial charge on any atom is 0.340 e. The number of rotatable bonds is 5. The van der Waals surface area contributed by atoms with E-state index in [4.69, 9.17) is 9.47 Å². The van der Waals surface area contributed by atoms with E-state index in [0.717, 1.165) is 9.54 Å². The molecule has 0 spiro atoms. The molecule has 0 amide bonds. The standard InChI is InChI=1S/C19H19NO5S/c1-4-13-11-14(9-10-18(13)24-2)26(22,23)20-12-16(19(21)25-3)15-7-5-6-8-17(15)20/h5-12H,4H2,1-3H3. The van der Waals surface area contributed by atoms with Crippen LogP contribution in [0.3, 0.4) is 0 Å². The fraction of sp³-hybridized carbons (Fsp3) is 0.211. The zero-order valence-electron chi connectivity index (χ0n) is 14.7. The molecule has 0 bridgehead atoms. The Kier molecular flexibility index (Phi) is 4.73. The molecule has 0 aliphatic carbocycles. The summed E-state index contributed by atoms with van der Waals surface area (Å²) in [6.07, 6.45) is 1.94. The van der Waals surface area contributed by atoms with Crippen LogP contribution in [0.15, 0.2) is 53.6 Å². The Morgan fingerprint density at radius 1 is 1.12 bits per heavy atom. The van der Waals surface area contributed by atoms with Crippen LogP contribution in [0.2, 0.25) is 0 Å². The van der Waals surface area contributed by atoms with Crippen LogP contribution < -0.4 is 4.74 Å². The normalized spacial score (nSPS) is 11.5. The van der Waals surface area contributed by atoms with E-state index in [1.165, 1.54) is 19.4 Å². The minimum absolute atomic E-state index is 0.132. The van der Waals surface area contributed by atoms with Crippen molar-refractivity contribution in [2.24, 2.45) is 0 Å². The summed E-state index contributed by atoms with van der Waals surface area (Å²) in [5.41, 5.74) is 1.41. The van der Waals surface area contributed by atoms with E-state index in [2.05, 4.69) is 0 Å². The average molecular weight is 373 g/mol. The Hall–Kier alpha value is -2.80. The van der Waals surface area contributed by atoms with Crippen LogP contribution >= 0.6 is 0 Å². The minimum Gasteiger partial charge on any atom is -0.496 e. The summed E-state index contributed by atoms with van der Waals surface area (Å²) in [4.78, 5) is 12.2. The first kappa shape index (κ1) is 18.0. The lowest BCUT2D eigenvalue weighted by atomic mass is 10.1. The number of carbonyl (C=O) groups is 1. The molecule has 3 rings (SSSR count). The Bertz CT molecular complexity index is 1080. The molecule has 0 unspecified atom stereocenters. The predicted molar refractivity (Wildman–Crippen MR) is 98.2 cm³/mol. The van der Waals surface area contributed by atoms with Crippen LogP contribution in [0.1, 0.15) is 22.8 Å². The van der Waals surface area contributed by atoms with E-state index in [0.29, 0.717) is 23.1 Å². The Morgan fingerprint density at radius 2 is 1.85 bits per heavy atom. The Labute approximate surface area is 152 Å². The summed E-state index contributed by atoms with van der Waals surface area (Å²) in [5, 5.41) is 0.521. The molecule has 26 heavy (non-hydrogen) atoms. The van der Waals surface area contributed by atoms with E-state index in [-0.39, 0.29) is 10.5 Å². The second kappa shape index (κ2) is 6.84. The summed E-state index contributed by atoms with van der Waals surface area (Å²) < 4.78 is 37.6. The predicted octanol–water partition coefficient (Wildman–Crippen LogP) is 3.24. The first-order valence-electron chi connectivity index (χ1n) is 8.05. The maximum atomic E-state index is 13.2. The van der Waals surface area contributed by atoms with Crippen LogP contribution in [-0.2, 0) is 21.2 Å². The van der Waals surface area contributed by atoms with Gasteiger partial charge in [0.2, 0.25) is 0 Å². The van der Waals surface area contributed by atoms with Gasteiger partial charge in [0.05, 0.1) is 30.2 Å². The van der Waals surface area contributed by atoms with Crippen molar-refractivity contribution in [3.8, 4) is 5.75 Å². The molecule has 3 aromatic rings. The van der Waals surface area contributed by atoms with Gasteiger partial charge in [-0.3, -0.25) is 0 Å². The highest BCUT2D eigenvalue weighted by Gasteiger charge is 2.24. The minimum atomic E-state index is -3.89. The molecule has 136 valence electrons. The van der Waals surface area contributed by atoms with Crippen molar-refractivity contribution in [1.29, 1.82) is 0 Å². The number of aryl methyl sites for hydroxylation is 1. The maximum absolute atomic E-state index is 13.2. The smallest absolute Gasteiger partial charge is 0.340 e. The number of ether oxygens (including phenoxy) is 2. The van der Waals surface area contributed by atoms with Crippen molar-refractivity contribution in [2.75, 3.05) is 14.2 Å². The number of fused-ring (bicyclic) bond motifs is 1. The molecule has 7 heteroatoms. The highest BCUT2D eigenvalue weighted by atomic mass is 32.2. The number of hydrogen-bond donors (Lipinski definition) is 0. The van der Waals surface area contributed by atoms with Crippen LogP contribution in [0.4, 0.5) is 0 Å². The molecular formula is C19H19NO5S. The lowest BCUT2D eigenvalue weighted by Crippen LogP contribution is -2.12. The number of methoxy groups -OCH3 is 2. The molecular weight excluding hydrogens is 354 g/mol. The number of hydrogen-bond acceptors (Lipinski definition) is 5. The van der Waals surface area contributed by atoms with Gasteiger partial charge in [0.25, 0.3) is 10.0 Å². The molecule has 0 saturated carbocycles. The first-order chi connectivity index (χ1) is 12.4. The third kappa shape index (κ3) is 2.84. The van der Waals surface area contributed by atoms with Crippen molar-refractivity contribution in [3.63, 3.8) is 0 Å². The third-order valence-corrected chi connectivity index (χ3v) is 5.94. The van der Waals surface area contributed by atoms with Gasteiger partial charge in [-0.15, -0.1) is 0 Å². The fourth-order valence-electron chi connectivity index (χ4n) is 2.93. The summed E-state index contributed by atoms with van der Waals surface area (Å²) in [7, 11) is -1.08. The highest BCUT2D eigenvalue weighted by molar-refractivity contribution is 7.90. The number of aromatic nitrogens is 1. The SMILES string of the molecule is CCc1cc(S(=O)(=O)n2cc(C(=O)OC)c3ccccc32)ccc1OC. The van der Waals surface area contributed by atoms with Crippen molar-refractivity contribution in [2.45, 2.75) is 18.2 Å². The molecule has 0 atom stereocenters.